The molecular formula is C14H21NO3. The molecule has 0 aliphatic heterocycles. The number of aliphatic hydroxyl groups excluding tert-OH is 1. The average molecular weight is 251 g/mol. The van der Waals surface area contributed by atoms with Crippen LogP contribution in [0.5, 0.6) is 0 Å². The van der Waals surface area contributed by atoms with E-state index >= 15 is 0 Å². The van der Waals surface area contributed by atoms with E-state index in [-0.39, 0.29) is 6.10 Å². The van der Waals surface area contributed by atoms with Crippen molar-refractivity contribution in [2.24, 2.45) is 0 Å². The van der Waals surface area contributed by atoms with E-state index in [1.54, 1.807) is 19.1 Å². The topological polar surface area (TPSA) is 58.6 Å². The highest BCUT2D eigenvalue weighted by Crippen LogP contribution is 2.13. The molecule has 1 rings (SSSR count). The number of hydrogen-bond acceptors (Lipinski definition) is 3. The van der Waals surface area contributed by atoms with Crippen molar-refractivity contribution < 1.29 is 14.6 Å². The molecule has 1 amide bonds. The standard InChI is InChI=1S/C14H21NO3/c1-10(16)9-11-5-7-12(8-6-11)15-13(17)18-14(2,3)4/h5-8,10,16H,9H2,1-4H3,(H,15,17)/t10-/m1/s1. The molecule has 2 N–H and O–H groups in total. The van der Waals surface area contributed by atoms with Gasteiger partial charge in [0.2, 0.25) is 0 Å². The van der Waals surface area contributed by atoms with Gasteiger partial charge in [-0.3, -0.25) is 5.32 Å². The first kappa shape index (κ1) is 14.5. The summed E-state index contributed by atoms with van der Waals surface area (Å²) in [5.74, 6) is 0. The fraction of sp³-hybridized carbons (Fsp3) is 0.500. The van der Waals surface area contributed by atoms with Crippen LogP contribution in [0.15, 0.2) is 24.3 Å². The second-order valence-electron chi connectivity index (χ2n) is 5.38. The fourth-order valence-electron chi connectivity index (χ4n) is 1.49. The molecule has 0 radical (unpaired) electrons. The molecule has 4 heteroatoms. The van der Waals surface area contributed by atoms with Crippen molar-refractivity contribution in [2.45, 2.75) is 45.8 Å². The summed E-state index contributed by atoms with van der Waals surface area (Å²) in [7, 11) is 0. The summed E-state index contributed by atoms with van der Waals surface area (Å²) in [6.45, 7) is 7.20. The molecule has 0 heterocycles. The first-order valence-corrected chi connectivity index (χ1v) is 6.03. The van der Waals surface area contributed by atoms with Crippen LogP contribution in [-0.4, -0.2) is 22.9 Å². The van der Waals surface area contributed by atoms with Crippen molar-refractivity contribution in [2.75, 3.05) is 5.32 Å². The fourth-order valence-corrected chi connectivity index (χ4v) is 1.49. The maximum atomic E-state index is 11.5. The summed E-state index contributed by atoms with van der Waals surface area (Å²) >= 11 is 0. The van der Waals surface area contributed by atoms with E-state index in [9.17, 15) is 9.90 Å². The molecule has 1 aromatic carbocycles. The maximum absolute atomic E-state index is 11.5. The Bertz CT molecular complexity index is 390. The molecule has 0 unspecified atom stereocenters. The van der Waals surface area contributed by atoms with E-state index in [1.807, 2.05) is 32.9 Å². The number of anilines is 1. The van der Waals surface area contributed by atoms with E-state index in [1.165, 1.54) is 0 Å². The third kappa shape index (κ3) is 5.68. The van der Waals surface area contributed by atoms with Crippen molar-refractivity contribution in [1.29, 1.82) is 0 Å². The lowest BCUT2D eigenvalue weighted by atomic mass is 10.1. The van der Waals surface area contributed by atoms with Gasteiger partial charge in [0.15, 0.2) is 0 Å². The Labute approximate surface area is 108 Å². The zero-order valence-corrected chi connectivity index (χ0v) is 11.4. The summed E-state index contributed by atoms with van der Waals surface area (Å²) in [6, 6.07) is 7.34. The molecule has 18 heavy (non-hydrogen) atoms. The number of rotatable bonds is 3. The van der Waals surface area contributed by atoms with Crippen LogP contribution in [0.2, 0.25) is 0 Å². The van der Waals surface area contributed by atoms with Gasteiger partial charge in [0.1, 0.15) is 5.60 Å². The molecule has 0 saturated heterocycles. The average Bonchev–Trinajstić information content (AvgIpc) is 2.17. The van der Waals surface area contributed by atoms with Crippen LogP contribution in [0.25, 0.3) is 0 Å². The van der Waals surface area contributed by atoms with E-state index in [0.29, 0.717) is 12.1 Å². The second-order valence-corrected chi connectivity index (χ2v) is 5.38. The van der Waals surface area contributed by atoms with Crippen molar-refractivity contribution in [3.8, 4) is 0 Å². The molecule has 0 aliphatic carbocycles. The Morgan fingerprint density at radius 3 is 2.33 bits per heavy atom. The van der Waals surface area contributed by atoms with Crippen molar-refractivity contribution in [1.82, 2.24) is 0 Å². The summed E-state index contributed by atoms with van der Waals surface area (Å²) in [6.07, 6.45) is -0.229. The summed E-state index contributed by atoms with van der Waals surface area (Å²) < 4.78 is 5.15. The summed E-state index contributed by atoms with van der Waals surface area (Å²) in [4.78, 5) is 11.5. The molecule has 0 aromatic heterocycles. The van der Waals surface area contributed by atoms with E-state index < -0.39 is 11.7 Å². The van der Waals surface area contributed by atoms with Crippen LogP contribution in [0, 0.1) is 0 Å². The number of benzene rings is 1. The molecule has 0 saturated carbocycles. The van der Waals surface area contributed by atoms with Crippen LogP contribution in [0.3, 0.4) is 0 Å². The monoisotopic (exact) mass is 251 g/mol. The zero-order chi connectivity index (χ0) is 13.8. The number of carbonyl (C=O) groups is 1. The minimum absolute atomic E-state index is 0.366. The molecule has 0 spiro atoms. The molecule has 1 atom stereocenters. The zero-order valence-electron chi connectivity index (χ0n) is 11.4. The summed E-state index contributed by atoms with van der Waals surface area (Å²) in [5, 5.41) is 11.9. The Kier molecular flexibility index (Phi) is 4.73. The van der Waals surface area contributed by atoms with Crippen molar-refractivity contribution >= 4 is 11.8 Å². The van der Waals surface area contributed by atoms with Crippen LogP contribution in [0.4, 0.5) is 10.5 Å². The third-order valence-electron chi connectivity index (χ3n) is 2.13. The molecule has 1 aromatic rings. The predicted octanol–water partition coefficient (Wildman–Crippen LogP) is 2.96. The number of aliphatic hydroxyl groups is 1. The molecule has 0 aliphatic rings. The normalized spacial score (nSPS) is 12.9. The van der Waals surface area contributed by atoms with Crippen molar-refractivity contribution in [3.63, 3.8) is 0 Å². The van der Waals surface area contributed by atoms with Crippen molar-refractivity contribution in [3.05, 3.63) is 29.8 Å². The van der Waals surface area contributed by atoms with Gasteiger partial charge < -0.3 is 9.84 Å². The minimum atomic E-state index is -0.504. The first-order chi connectivity index (χ1) is 8.26. The summed E-state index contributed by atoms with van der Waals surface area (Å²) in [5.41, 5.74) is 1.20. The van der Waals surface area contributed by atoms with Gasteiger partial charge >= 0.3 is 6.09 Å². The highest BCUT2D eigenvalue weighted by molar-refractivity contribution is 5.84. The first-order valence-electron chi connectivity index (χ1n) is 6.03. The number of ether oxygens (including phenoxy) is 1. The lowest BCUT2D eigenvalue weighted by Crippen LogP contribution is -2.27. The highest BCUT2D eigenvalue weighted by Gasteiger charge is 2.16. The van der Waals surface area contributed by atoms with E-state index in [2.05, 4.69) is 5.32 Å². The van der Waals surface area contributed by atoms with Gasteiger partial charge in [-0.1, -0.05) is 12.1 Å². The SMILES string of the molecule is C[C@@H](O)Cc1ccc(NC(=O)OC(C)(C)C)cc1. The second kappa shape index (κ2) is 5.87. The smallest absolute Gasteiger partial charge is 0.412 e. The Morgan fingerprint density at radius 1 is 1.33 bits per heavy atom. The number of amides is 1. The quantitative estimate of drug-likeness (QED) is 0.868. The van der Waals surface area contributed by atoms with Crippen LogP contribution < -0.4 is 5.32 Å². The number of hydrogen-bond donors (Lipinski definition) is 2. The van der Waals surface area contributed by atoms with Gasteiger partial charge in [-0.2, -0.15) is 0 Å². The van der Waals surface area contributed by atoms with Gasteiger partial charge in [0.05, 0.1) is 6.10 Å². The molecule has 0 fully saturated rings. The minimum Gasteiger partial charge on any atom is -0.444 e. The third-order valence-corrected chi connectivity index (χ3v) is 2.13. The largest absolute Gasteiger partial charge is 0.444 e. The molecule has 4 nitrogen and oxygen atoms in total. The predicted molar refractivity (Wildman–Crippen MR) is 71.7 cm³/mol. The van der Waals surface area contributed by atoms with Gasteiger partial charge in [-0.05, 0) is 51.8 Å². The number of carbonyl (C=O) groups excluding carboxylic acids is 1. The lowest BCUT2D eigenvalue weighted by Gasteiger charge is -2.19. The van der Waals surface area contributed by atoms with Gasteiger partial charge in [0, 0.05) is 5.69 Å². The van der Waals surface area contributed by atoms with Gasteiger partial charge in [-0.15, -0.1) is 0 Å². The Hall–Kier alpha value is -1.55. The maximum Gasteiger partial charge on any atom is 0.412 e. The van der Waals surface area contributed by atoms with Gasteiger partial charge in [0.25, 0.3) is 0 Å². The Morgan fingerprint density at radius 2 is 1.89 bits per heavy atom. The van der Waals surface area contributed by atoms with Crippen LogP contribution in [0.1, 0.15) is 33.3 Å². The van der Waals surface area contributed by atoms with E-state index in [4.69, 9.17) is 4.74 Å². The van der Waals surface area contributed by atoms with E-state index in [0.717, 1.165) is 5.56 Å². The highest BCUT2D eigenvalue weighted by atomic mass is 16.6. The molecule has 0 bridgehead atoms. The van der Waals surface area contributed by atoms with Gasteiger partial charge in [-0.25, -0.2) is 4.79 Å². The molecule has 100 valence electrons. The van der Waals surface area contributed by atoms with Crippen LogP contribution >= 0.6 is 0 Å². The Balaban J connectivity index is 2.56. The van der Waals surface area contributed by atoms with Crippen LogP contribution in [-0.2, 0) is 11.2 Å². The lowest BCUT2D eigenvalue weighted by molar-refractivity contribution is 0.0636. The number of nitrogens with one attached hydrogen (secondary N) is 1. The molecular weight excluding hydrogens is 230 g/mol.